The average Bonchev–Trinajstić information content (AvgIpc) is 3.15. The first-order chi connectivity index (χ1) is 12.3. The Bertz CT molecular complexity index is 987. The van der Waals surface area contributed by atoms with Crippen molar-refractivity contribution >= 4 is 39.1 Å². The SMILES string of the molecule is CC(C)c1nn(C)c2sc(C(=O)Nc3cccc(C(C)C(=O)O)c3)cc12. The molecule has 2 aromatic heterocycles. The lowest BCUT2D eigenvalue weighted by molar-refractivity contribution is -0.138. The number of anilines is 1. The van der Waals surface area contributed by atoms with Crippen LogP contribution in [0.1, 0.15) is 53.5 Å². The molecule has 1 amide bonds. The van der Waals surface area contributed by atoms with Crippen molar-refractivity contribution in [2.24, 2.45) is 7.05 Å². The Labute approximate surface area is 155 Å². The quantitative estimate of drug-likeness (QED) is 0.704. The zero-order chi connectivity index (χ0) is 19.0. The molecule has 0 radical (unpaired) electrons. The second-order valence-corrected chi connectivity index (χ2v) is 7.66. The molecular formula is C19H21N3O3S. The third kappa shape index (κ3) is 3.35. The number of carboxylic acid groups (broad SMARTS) is 1. The topological polar surface area (TPSA) is 84.2 Å². The van der Waals surface area contributed by atoms with E-state index in [1.54, 1.807) is 35.9 Å². The van der Waals surface area contributed by atoms with Gasteiger partial charge in [0, 0.05) is 18.1 Å². The van der Waals surface area contributed by atoms with E-state index in [-0.39, 0.29) is 11.8 Å². The van der Waals surface area contributed by atoms with Gasteiger partial charge in [-0.3, -0.25) is 14.3 Å². The molecule has 3 rings (SSSR count). The largest absolute Gasteiger partial charge is 0.481 e. The number of thiophene rings is 1. The molecule has 0 spiro atoms. The van der Waals surface area contributed by atoms with Crippen LogP contribution in [0.2, 0.25) is 0 Å². The van der Waals surface area contributed by atoms with Gasteiger partial charge in [0.1, 0.15) is 4.83 Å². The highest BCUT2D eigenvalue weighted by molar-refractivity contribution is 7.20. The lowest BCUT2D eigenvalue weighted by atomic mass is 10.0. The number of carbonyl (C=O) groups excluding carboxylic acids is 1. The maximum Gasteiger partial charge on any atom is 0.310 e. The minimum absolute atomic E-state index is 0.207. The summed E-state index contributed by atoms with van der Waals surface area (Å²) in [6, 6.07) is 8.82. The number of carboxylic acids is 1. The van der Waals surface area contributed by atoms with E-state index in [9.17, 15) is 9.59 Å². The molecule has 6 nitrogen and oxygen atoms in total. The molecule has 2 heterocycles. The molecule has 1 atom stereocenters. The average molecular weight is 371 g/mol. The Kier molecular flexibility index (Phi) is 4.82. The normalized spacial score (nSPS) is 12.5. The second kappa shape index (κ2) is 6.92. The van der Waals surface area contributed by atoms with Gasteiger partial charge in [-0.25, -0.2) is 0 Å². The molecule has 7 heteroatoms. The van der Waals surface area contributed by atoms with Crippen molar-refractivity contribution in [2.45, 2.75) is 32.6 Å². The summed E-state index contributed by atoms with van der Waals surface area (Å²) >= 11 is 1.40. The summed E-state index contributed by atoms with van der Waals surface area (Å²) in [4.78, 5) is 25.4. The number of rotatable bonds is 5. The summed E-state index contributed by atoms with van der Waals surface area (Å²) < 4.78 is 1.81. The number of amides is 1. The molecule has 26 heavy (non-hydrogen) atoms. The van der Waals surface area contributed by atoms with Gasteiger partial charge in [-0.2, -0.15) is 5.10 Å². The van der Waals surface area contributed by atoms with Crippen LogP contribution in [0.3, 0.4) is 0 Å². The number of hydrogen-bond acceptors (Lipinski definition) is 4. The highest BCUT2D eigenvalue weighted by atomic mass is 32.1. The molecule has 0 aliphatic carbocycles. The summed E-state index contributed by atoms with van der Waals surface area (Å²) in [5.74, 6) is -1.46. The lowest BCUT2D eigenvalue weighted by Crippen LogP contribution is -2.12. The van der Waals surface area contributed by atoms with E-state index in [4.69, 9.17) is 5.11 Å². The Balaban J connectivity index is 1.87. The molecular weight excluding hydrogens is 350 g/mol. The highest BCUT2D eigenvalue weighted by Crippen LogP contribution is 2.32. The fraction of sp³-hybridized carbons (Fsp3) is 0.316. The van der Waals surface area contributed by atoms with Crippen LogP contribution in [-0.2, 0) is 11.8 Å². The number of aryl methyl sites for hydroxylation is 1. The number of nitrogens with zero attached hydrogens (tertiary/aromatic N) is 2. The van der Waals surface area contributed by atoms with Gasteiger partial charge in [-0.15, -0.1) is 11.3 Å². The van der Waals surface area contributed by atoms with Gasteiger partial charge >= 0.3 is 5.97 Å². The first-order valence-electron chi connectivity index (χ1n) is 8.38. The van der Waals surface area contributed by atoms with Crippen LogP contribution in [0, 0.1) is 0 Å². The van der Waals surface area contributed by atoms with Gasteiger partial charge in [-0.1, -0.05) is 26.0 Å². The maximum absolute atomic E-state index is 12.6. The zero-order valence-corrected chi connectivity index (χ0v) is 15.9. The van der Waals surface area contributed by atoms with Crippen molar-refractivity contribution < 1.29 is 14.7 Å². The standard InChI is InChI=1S/C19H21N3O3S/c1-10(2)16-14-9-15(26-18(14)22(4)21-16)17(23)20-13-7-5-6-12(8-13)11(3)19(24)25/h5-11H,1-4H3,(H,20,23)(H,24,25). The molecule has 2 N–H and O–H groups in total. The molecule has 3 aromatic rings. The number of aromatic nitrogens is 2. The summed E-state index contributed by atoms with van der Waals surface area (Å²) in [7, 11) is 1.88. The summed E-state index contributed by atoms with van der Waals surface area (Å²) in [6.07, 6.45) is 0. The number of hydrogen-bond donors (Lipinski definition) is 2. The van der Waals surface area contributed by atoms with E-state index in [1.807, 2.05) is 13.1 Å². The van der Waals surface area contributed by atoms with Crippen LogP contribution in [-0.4, -0.2) is 26.8 Å². The van der Waals surface area contributed by atoms with Crippen LogP contribution >= 0.6 is 11.3 Å². The van der Waals surface area contributed by atoms with Crippen molar-refractivity contribution in [3.05, 3.63) is 46.5 Å². The zero-order valence-electron chi connectivity index (χ0n) is 15.1. The van der Waals surface area contributed by atoms with Gasteiger partial charge in [0.15, 0.2) is 0 Å². The van der Waals surface area contributed by atoms with Crippen molar-refractivity contribution in [1.82, 2.24) is 9.78 Å². The van der Waals surface area contributed by atoms with E-state index in [2.05, 4.69) is 24.3 Å². The number of benzene rings is 1. The predicted octanol–water partition coefficient (Wildman–Crippen LogP) is 4.20. The minimum atomic E-state index is -0.897. The Morgan fingerprint density at radius 3 is 2.62 bits per heavy atom. The Morgan fingerprint density at radius 2 is 1.96 bits per heavy atom. The first kappa shape index (κ1) is 18.1. The number of aliphatic carboxylic acids is 1. The van der Waals surface area contributed by atoms with Gasteiger partial charge in [0.2, 0.25) is 0 Å². The van der Waals surface area contributed by atoms with Crippen LogP contribution in [0.25, 0.3) is 10.2 Å². The van der Waals surface area contributed by atoms with Crippen LogP contribution < -0.4 is 5.32 Å². The van der Waals surface area contributed by atoms with Crippen LogP contribution in [0.15, 0.2) is 30.3 Å². The molecule has 0 bridgehead atoms. The van der Waals surface area contributed by atoms with E-state index in [1.165, 1.54) is 11.3 Å². The van der Waals surface area contributed by atoms with Gasteiger partial charge in [-0.05, 0) is 36.6 Å². The van der Waals surface area contributed by atoms with Gasteiger partial charge in [0.05, 0.1) is 16.5 Å². The molecule has 0 aliphatic heterocycles. The van der Waals surface area contributed by atoms with E-state index >= 15 is 0 Å². The molecule has 0 aliphatic rings. The first-order valence-corrected chi connectivity index (χ1v) is 9.20. The van der Waals surface area contributed by atoms with Gasteiger partial charge in [0.25, 0.3) is 5.91 Å². The van der Waals surface area contributed by atoms with Crippen molar-refractivity contribution in [3.63, 3.8) is 0 Å². The van der Waals surface area contributed by atoms with Gasteiger partial charge < -0.3 is 10.4 Å². The van der Waals surface area contributed by atoms with Crippen molar-refractivity contribution in [3.8, 4) is 0 Å². The fourth-order valence-electron chi connectivity index (χ4n) is 2.83. The summed E-state index contributed by atoms with van der Waals surface area (Å²) in [5, 5.41) is 17.5. The predicted molar refractivity (Wildman–Crippen MR) is 103 cm³/mol. The molecule has 0 fully saturated rings. The van der Waals surface area contributed by atoms with E-state index in [0.717, 1.165) is 15.9 Å². The number of nitrogens with one attached hydrogen (secondary N) is 1. The number of carbonyl (C=O) groups is 2. The summed E-state index contributed by atoms with van der Waals surface area (Å²) in [5.41, 5.74) is 2.22. The van der Waals surface area contributed by atoms with Crippen molar-refractivity contribution in [1.29, 1.82) is 0 Å². The van der Waals surface area contributed by atoms with Crippen LogP contribution in [0.4, 0.5) is 5.69 Å². The molecule has 136 valence electrons. The molecule has 0 saturated heterocycles. The van der Waals surface area contributed by atoms with E-state index in [0.29, 0.717) is 16.1 Å². The van der Waals surface area contributed by atoms with E-state index < -0.39 is 11.9 Å². The third-order valence-corrected chi connectivity index (χ3v) is 5.53. The smallest absolute Gasteiger partial charge is 0.310 e. The fourth-order valence-corrected chi connectivity index (χ4v) is 3.80. The summed E-state index contributed by atoms with van der Waals surface area (Å²) in [6.45, 7) is 5.78. The molecule has 0 saturated carbocycles. The highest BCUT2D eigenvalue weighted by Gasteiger charge is 2.19. The molecule has 1 aromatic carbocycles. The number of fused-ring (bicyclic) bond motifs is 1. The van der Waals surface area contributed by atoms with Crippen molar-refractivity contribution in [2.75, 3.05) is 5.32 Å². The maximum atomic E-state index is 12.6. The Morgan fingerprint density at radius 1 is 1.23 bits per heavy atom. The lowest BCUT2D eigenvalue weighted by Gasteiger charge is -2.09. The Hall–Kier alpha value is -2.67. The molecule has 1 unspecified atom stereocenters. The van der Waals surface area contributed by atoms with Crippen LogP contribution in [0.5, 0.6) is 0 Å². The third-order valence-electron chi connectivity index (χ3n) is 4.33. The second-order valence-electron chi connectivity index (χ2n) is 6.63. The minimum Gasteiger partial charge on any atom is -0.481 e. The monoisotopic (exact) mass is 371 g/mol.